The van der Waals surface area contributed by atoms with Crippen LogP contribution in [0.15, 0.2) is 205 Å². The topological polar surface area (TPSA) is 51.8 Å². The summed E-state index contributed by atoms with van der Waals surface area (Å²) in [4.78, 5) is 15.2. The highest BCUT2D eigenvalue weighted by Crippen LogP contribution is 2.38. The van der Waals surface area contributed by atoms with Crippen molar-refractivity contribution in [1.82, 2.24) is 15.0 Å². The maximum absolute atomic E-state index is 6.56. The smallest absolute Gasteiger partial charge is 0.164 e. The number of furan rings is 1. The number of hydrogen-bond donors (Lipinski definition) is 0. The van der Waals surface area contributed by atoms with Crippen LogP contribution in [0.1, 0.15) is 0 Å². The summed E-state index contributed by atoms with van der Waals surface area (Å²) in [5.74, 6) is 1.84. The molecule has 4 heteroatoms. The van der Waals surface area contributed by atoms with Gasteiger partial charge in [-0.15, -0.1) is 0 Å². The highest BCUT2D eigenvalue weighted by molar-refractivity contribution is 6.10. The normalized spacial score (nSPS) is 11.3. The van der Waals surface area contributed by atoms with Gasteiger partial charge in [0.05, 0.1) is 0 Å². The fourth-order valence-corrected chi connectivity index (χ4v) is 7.31. The summed E-state index contributed by atoms with van der Waals surface area (Å²) >= 11 is 0. The van der Waals surface area contributed by atoms with Crippen LogP contribution in [0, 0.1) is 0 Å². The standard InChI is InChI=1S/C51H33N3O/c1-4-12-34(13-5-1)36-22-24-38(25-23-36)41-18-10-19-42(32-41)50-52-49(40-16-8-3-9-17-40)53-51(54-50)43-30-31-47-46(33-43)45-21-11-20-44(48(45)55-47)39-28-26-37(27-29-39)35-14-6-2-7-15-35/h1-33H. The van der Waals surface area contributed by atoms with Crippen LogP contribution in [0.25, 0.3) is 101 Å². The monoisotopic (exact) mass is 703 g/mol. The van der Waals surface area contributed by atoms with Crippen molar-refractivity contribution in [3.05, 3.63) is 200 Å². The number of para-hydroxylation sites is 1. The third kappa shape index (κ3) is 6.26. The molecular weight excluding hydrogens is 671 g/mol. The second-order valence-electron chi connectivity index (χ2n) is 13.6. The summed E-state index contributed by atoms with van der Waals surface area (Å²) in [6, 6.07) is 69.3. The maximum atomic E-state index is 6.56. The van der Waals surface area contributed by atoms with Crippen molar-refractivity contribution in [3.8, 4) is 78.7 Å². The zero-order valence-electron chi connectivity index (χ0n) is 29.8. The number of benzene rings is 8. The van der Waals surface area contributed by atoms with Crippen molar-refractivity contribution in [2.45, 2.75) is 0 Å². The van der Waals surface area contributed by atoms with Crippen molar-refractivity contribution in [1.29, 1.82) is 0 Å². The van der Waals surface area contributed by atoms with Gasteiger partial charge in [-0.3, -0.25) is 0 Å². The van der Waals surface area contributed by atoms with Crippen LogP contribution in [-0.4, -0.2) is 15.0 Å². The van der Waals surface area contributed by atoms with E-state index >= 15 is 0 Å². The molecule has 0 saturated heterocycles. The Labute approximate surface area is 319 Å². The largest absolute Gasteiger partial charge is 0.455 e. The Morgan fingerprint density at radius 2 is 0.691 bits per heavy atom. The Morgan fingerprint density at radius 3 is 1.29 bits per heavy atom. The number of hydrogen-bond acceptors (Lipinski definition) is 4. The van der Waals surface area contributed by atoms with E-state index in [1.54, 1.807) is 0 Å². The molecule has 0 N–H and O–H groups in total. The van der Waals surface area contributed by atoms with Gasteiger partial charge < -0.3 is 4.42 Å². The van der Waals surface area contributed by atoms with Crippen LogP contribution in [-0.2, 0) is 0 Å². The van der Waals surface area contributed by atoms with Crippen molar-refractivity contribution in [3.63, 3.8) is 0 Å². The zero-order chi connectivity index (χ0) is 36.6. The molecule has 0 bridgehead atoms. The first-order valence-corrected chi connectivity index (χ1v) is 18.4. The predicted octanol–water partition coefficient (Wildman–Crippen LogP) is 13.4. The van der Waals surface area contributed by atoms with Gasteiger partial charge in [0.15, 0.2) is 17.5 Å². The molecule has 0 radical (unpaired) electrons. The molecule has 0 aliphatic rings. The summed E-state index contributed by atoms with van der Waals surface area (Å²) in [7, 11) is 0. The Balaban J connectivity index is 1.04. The van der Waals surface area contributed by atoms with Crippen LogP contribution < -0.4 is 0 Å². The molecule has 0 atom stereocenters. The Kier molecular flexibility index (Phi) is 8.12. The highest BCUT2D eigenvalue weighted by Gasteiger charge is 2.17. The molecule has 0 amide bonds. The van der Waals surface area contributed by atoms with Gasteiger partial charge >= 0.3 is 0 Å². The molecule has 0 fully saturated rings. The molecule has 10 rings (SSSR count). The Morgan fingerprint density at radius 1 is 0.273 bits per heavy atom. The van der Waals surface area contributed by atoms with Gasteiger partial charge in [0.25, 0.3) is 0 Å². The summed E-state index contributed by atoms with van der Waals surface area (Å²) in [5, 5.41) is 2.06. The fraction of sp³-hybridized carbons (Fsp3) is 0. The van der Waals surface area contributed by atoms with E-state index in [0.29, 0.717) is 17.5 Å². The second kappa shape index (κ2) is 13.8. The Bertz CT molecular complexity index is 2940. The van der Waals surface area contributed by atoms with Gasteiger partial charge in [0, 0.05) is 33.0 Å². The van der Waals surface area contributed by atoms with E-state index in [1.165, 1.54) is 22.3 Å². The van der Waals surface area contributed by atoms with Crippen LogP contribution in [0.3, 0.4) is 0 Å². The SMILES string of the molecule is c1ccc(-c2ccc(-c3cccc(-c4nc(-c5ccccc5)nc(-c5ccc6oc7c(-c8ccc(-c9ccccc9)cc8)cccc7c6c5)n4)c3)cc2)cc1. The molecule has 8 aromatic carbocycles. The fourth-order valence-electron chi connectivity index (χ4n) is 7.31. The van der Waals surface area contributed by atoms with Crippen LogP contribution >= 0.6 is 0 Å². The first-order valence-electron chi connectivity index (χ1n) is 18.4. The minimum Gasteiger partial charge on any atom is -0.455 e. The predicted molar refractivity (Wildman–Crippen MR) is 225 cm³/mol. The molecule has 0 aliphatic heterocycles. The third-order valence-corrected chi connectivity index (χ3v) is 10.2. The lowest BCUT2D eigenvalue weighted by Gasteiger charge is -2.10. The van der Waals surface area contributed by atoms with Crippen molar-refractivity contribution >= 4 is 21.9 Å². The van der Waals surface area contributed by atoms with E-state index < -0.39 is 0 Å². The zero-order valence-corrected chi connectivity index (χ0v) is 29.8. The molecule has 0 unspecified atom stereocenters. The van der Waals surface area contributed by atoms with E-state index in [1.807, 2.05) is 54.6 Å². The molecule has 2 aromatic heterocycles. The van der Waals surface area contributed by atoms with E-state index in [4.69, 9.17) is 19.4 Å². The molecular formula is C51H33N3O. The second-order valence-corrected chi connectivity index (χ2v) is 13.6. The van der Waals surface area contributed by atoms with E-state index in [-0.39, 0.29) is 0 Å². The van der Waals surface area contributed by atoms with Gasteiger partial charge in [0.1, 0.15) is 11.2 Å². The summed E-state index contributed by atoms with van der Waals surface area (Å²) in [6.07, 6.45) is 0. The molecule has 0 aliphatic carbocycles. The molecule has 258 valence electrons. The third-order valence-electron chi connectivity index (χ3n) is 10.2. The minimum absolute atomic E-state index is 0.602. The maximum Gasteiger partial charge on any atom is 0.164 e. The lowest BCUT2D eigenvalue weighted by atomic mass is 9.98. The van der Waals surface area contributed by atoms with E-state index in [2.05, 4.69) is 146 Å². The van der Waals surface area contributed by atoms with Gasteiger partial charge in [-0.1, -0.05) is 176 Å². The lowest BCUT2D eigenvalue weighted by molar-refractivity contribution is 0.670. The van der Waals surface area contributed by atoms with Gasteiger partial charge in [-0.05, 0) is 63.2 Å². The molecule has 10 aromatic rings. The van der Waals surface area contributed by atoms with Gasteiger partial charge in [0.2, 0.25) is 0 Å². The molecule has 4 nitrogen and oxygen atoms in total. The first-order chi connectivity index (χ1) is 27.2. The Hall–Kier alpha value is -7.43. The van der Waals surface area contributed by atoms with Crippen LogP contribution in [0.5, 0.6) is 0 Å². The summed E-state index contributed by atoms with van der Waals surface area (Å²) in [6.45, 7) is 0. The van der Waals surface area contributed by atoms with Gasteiger partial charge in [-0.2, -0.15) is 0 Å². The average Bonchev–Trinajstić information content (AvgIpc) is 3.66. The molecule has 55 heavy (non-hydrogen) atoms. The minimum atomic E-state index is 0.602. The van der Waals surface area contributed by atoms with Crippen molar-refractivity contribution in [2.24, 2.45) is 0 Å². The molecule has 0 saturated carbocycles. The number of fused-ring (bicyclic) bond motifs is 3. The van der Waals surface area contributed by atoms with Crippen LogP contribution in [0.4, 0.5) is 0 Å². The number of rotatable bonds is 7. The molecule has 2 heterocycles. The number of aromatic nitrogens is 3. The van der Waals surface area contributed by atoms with Crippen LogP contribution in [0.2, 0.25) is 0 Å². The van der Waals surface area contributed by atoms with Crippen molar-refractivity contribution in [2.75, 3.05) is 0 Å². The van der Waals surface area contributed by atoms with Crippen molar-refractivity contribution < 1.29 is 4.42 Å². The summed E-state index contributed by atoms with van der Waals surface area (Å²) in [5.41, 5.74) is 13.6. The molecule has 0 spiro atoms. The summed E-state index contributed by atoms with van der Waals surface area (Å²) < 4.78 is 6.56. The van der Waals surface area contributed by atoms with Gasteiger partial charge in [-0.25, -0.2) is 15.0 Å². The quantitative estimate of drug-likeness (QED) is 0.166. The van der Waals surface area contributed by atoms with E-state index in [0.717, 1.165) is 60.9 Å². The van der Waals surface area contributed by atoms with E-state index in [9.17, 15) is 0 Å². The first kappa shape index (κ1) is 32.2. The highest BCUT2D eigenvalue weighted by atomic mass is 16.3. The lowest BCUT2D eigenvalue weighted by Crippen LogP contribution is -2.00. The average molecular weight is 704 g/mol. The number of nitrogens with zero attached hydrogens (tertiary/aromatic N) is 3.